The molecule has 2 N–H and O–H groups in total. The van der Waals surface area contributed by atoms with Gasteiger partial charge in [0, 0.05) is 50.5 Å². The van der Waals surface area contributed by atoms with Crippen molar-refractivity contribution >= 4 is 22.8 Å². The van der Waals surface area contributed by atoms with E-state index in [2.05, 4.69) is 15.4 Å². The van der Waals surface area contributed by atoms with Crippen molar-refractivity contribution in [2.24, 2.45) is 7.05 Å². The molecule has 1 saturated heterocycles. The first-order chi connectivity index (χ1) is 13.9. The van der Waals surface area contributed by atoms with Gasteiger partial charge in [-0.25, -0.2) is 0 Å². The number of H-pyrrole nitrogens is 1. The van der Waals surface area contributed by atoms with Gasteiger partial charge in [0.1, 0.15) is 5.65 Å². The molecule has 1 aliphatic rings. The molecule has 2 amide bonds. The number of amides is 2. The van der Waals surface area contributed by atoms with E-state index in [1.807, 2.05) is 18.7 Å². The Balaban J connectivity index is 1.52. The zero-order chi connectivity index (χ0) is 21.0. The Morgan fingerprint density at radius 1 is 1.10 bits per heavy atom. The number of carbonyl (C=O) groups is 2. The van der Waals surface area contributed by atoms with Gasteiger partial charge in [-0.15, -0.1) is 0 Å². The predicted octanol–water partition coefficient (Wildman–Crippen LogP) is 1.72. The number of fused-ring (bicyclic) bond motifs is 1. The molecule has 0 bridgehead atoms. The fourth-order valence-corrected chi connectivity index (χ4v) is 4.17. The molecule has 0 aliphatic carbocycles. The number of aromatic nitrogens is 3. The molecule has 8 heteroatoms. The number of nitrogens with zero attached hydrogens (tertiary/aromatic N) is 3. The van der Waals surface area contributed by atoms with Crippen LogP contribution < -0.4 is 10.9 Å². The van der Waals surface area contributed by atoms with Crippen LogP contribution in [-0.4, -0.2) is 51.1 Å². The van der Waals surface area contributed by atoms with Gasteiger partial charge >= 0.3 is 0 Å². The van der Waals surface area contributed by atoms with E-state index in [0.717, 1.165) is 42.6 Å². The van der Waals surface area contributed by atoms with Crippen molar-refractivity contribution in [1.82, 2.24) is 25.0 Å². The lowest BCUT2D eigenvalue weighted by Crippen LogP contribution is -2.35. The molecular formula is C21H31N5O3. The molecule has 8 nitrogen and oxygen atoms in total. The Bertz CT molecular complexity index is 951. The highest BCUT2D eigenvalue weighted by atomic mass is 16.2. The summed E-state index contributed by atoms with van der Waals surface area (Å²) in [5.74, 6) is -0.0348. The first-order valence-corrected chi connectivity index (χ1v) is 10.5. The van der Waals surface area contributed by atoms with E-state index in [1.165, 1.54) is 12.8 Å². The summed E-state index contributed by atoms with van der Waals surface area (Å²) in [6.07, 6.45) is 5.39. The molecule has 0 atom stereocenters. The first-order valence-electron chi connectivity index (χ1n) is 10.5. The summed E-state index contributed by atoms with van der Waals surface area (Å²) in [7, 11) is 1.80. The van der Waals surface area contributed by atoms with Crippen molar-refractivity contribution in [3.05, 3.63) is 27.2 Å². The summed E-state index contributed by atoms with van der Waals surface area (Å²) in [6.45, 7) is 5.80. The number of hydrogen-bond acceptors (Lipinski definition) is 4. The van der Waals surface area contributed by atoms with Gasteiger partial charge < -0.3 is 15.2 Å². The first kappa shape index (κ1) is 21.1. The Kier molecular flexibility index (Phi) is 6.71. The molecule has 0 unspecified atom stereocenters. The van der Waals surface area contributed by atoms with E-state index < -0.39 is 0 Å². The summed E-state index contributed by atoms with van der Waals surface area (Å²) >= 11 is 0. The molecule has 1 fully saturated rings. The van der Waals surface area contributed by atoms with Gasteiger partial charge in [-0.3, -0.25) is 19.1 Å². The third kappa shape index (κ3) is 4.86. The molecule has 3 rings (SSSR count). The van der Waals surface area contributed by atoms with Gasteiger partial charge in [0.15, 0.2) is 0 Å². The van der Waals surface area contributed by atoms with Crippen molar-refractivity contribution in [2.75, 3.05) is 19.6 Å². The third-order valence-electron chi connectivity index (χ3n) is 5.78. The van der Waals surface area contributed by atoms with Crippen molar-refractivity contribution in [3.63, 3.8) is 0 Å². The smallest absolute Gasteiger partial charge is 0.253 e. The molecular weight excluding hydrogens is 370 g/mol. The molecule has 29 heavy (non-hydrogen) atoms. The molecule has 2 aromatic heterocycles. The normalized spacial score (nSPS) is 14.8. The lowest BCUT2D eigenvalue weighted by atomic mass is 10.0. The summed E-state index contributed by atoms with van der Waals surface area (Å²) in [5.41, 5.74) is 2.87. The van der Waals surface area contributed by atoms with Crippen LogP contribution in [0.1, 0.15) is 55.3 Å². The number of aryl methyl sites for hydroxylation is 3. The van der Waals surface area contributed by atoms with Crippen LogP contribution in [0.3, 0.4) is 0 Å². The molecule has 1 aliphatic heterocycles. The van der Waals surface area contributed by atoms with Crippen LogP contribution in [0, 0.1) is 13.8 Å². The second kappa shape index (κ2) is 9.24. The summed E-state index contributed by atoms with van der Waals surface area (Å²) < 4.78 is 1.66. The lowest BCUT2D eigenvalue weighted by molar-refractivity contribution is -0.131. The Morgan fingerprint density at radius 2 is 1.79 bits per heavy atom. The van der Waals surface area contributed by atoms with Gasteiger partial charge in [0.25, 0.3) is 5.56 Å². The third-order valence-corrected chi connectivity index (χ3v) is 5.78. The zero-order valence-corrected chi connectivity index (χ0v) is 17.6. The SMILES string of the molecule is Cc1nn(C)c2[nH]c(=O)c(CCC(=O)NCCC(=O)N3CCCCCC3)c(C)c12. The number of likely N-dealkylation sites (tertiary alicyclic amines) is 1. The average Bonchev–Trinajstić information content (AvgIpc) is 2.86. The van der Waals surface area contributed by atoms with E-state index in [1.54, 1.807) is 11.7 Å². The van der Waals surface area contributed by atoms with E-state index in [9.17, 15) is 14.4 Å². The predicted molar refractivity (Wildman–Crippen MR) is 112 cm³/mol. The Hall–Kier alpha value is -2.64. The highest BCUT2D eigenvalue weighted by Crippen LogP contribution is 2.21. The second-order valence-corrected chi connectivity index (χ2v) is 7.89. The minimum atomic E-state index is -0.179. The highest BCUT2D eigenvalue weighted by Gasteiger charge is 2.17. The van der Waals surface area contributed by atoms with Crippen LogP contribution in [0.4, 0.5) is 0 Å². The van der Waals surface area contributed by atoms with E-state index in [0.29, 0.717) is 30.6 Å². The van der Waals surface area contributed by atoms with Crippen LogP contribution in [0.15, 0.2) is 4.79 Å². The maximum absolute atomic E-state index is 12.5. The average molecular weight is 402 g/mol. The van der Waals surface area contributed by atoms with Gasteiger partial charge in [-0.1, -0.05) is 12.8 Å². The topological polar surface area (TPSA) is 100 Å². The standard InChI is InChI=1S/C21H31N5O3/c1-14-16(21(29)23-20-19(14)15(2)24-25(20)3)8-9-17(27)22-11-10-18(28)26-12-6-4-5-7-13-26/h4-13H2,1-3H3,(H,22,27)(H,23,29). The van der Waals surface area contributed by atoms with Crippen LogP contribution in [-0.2, 0) is 23.1 Å². The maximum atomic E-state index is 12.5. The second-order valence-electron chi connectivity index (χ2n) is 7.89. The fourth-order valence-electron chi connectivity index (χ4n) is 4.17. The van der Waals surface area contributed by atoms with E-state index >= 15 is 0 Å². The quantitative estimate of drug-likeness (QED) is 0.770. The molecule has 0 saturated carbocycles. The van der Waals surface area contributed by atoms with Crippen LogP contribution in [0.5, 0.6) is 0 Å². The number of nitrogens with one attached hydrogen (secondary N) is 2. The van der Waals surface area contributed by atoms with Gasteiger partial charge in [-0.05, 0) is 38.7 Å². The molecule has 3 heterocycles. The summed E-state index contributed by atoms with van der Waals surface area (Å²) in [6, 6.07) is 0. The van der Waals surface area contributed by atoms with Crippen LogP contribution in [0.2, 0.25) is 0 Å². The minimum Gasteiger partial charge on any atom is -0.356 e. The van der Waals surface area contributed by atoms with Crippen molar-refractivity contribution < 1.29 is 9.59 Å². The van der Waals surface area contributed by atoms with Crippen molar-refractivity contribution in [3.8, 4) is 0 Å². The number of aromatic amines is 1. The molecule has 2 aromatic rings. The Labute approximate surface area is 170 Å². The fraction of sp³-hybridized carbons (Fsp3) is 0.619. The summed E-state index contributed by atoms with van der Waals surface area (Å²) in [4.78, 5) is 41.7. The summed E-state index contributed by atoms with van der Waals surface area (Å²) in [5, 5.41) is 8.11. The zero-order valence-electron chi connectivity index (χ0n) is 17.6. The van der Waals surface area contributed by atoms with Crippen molar-refractivity contribution in [1.29, 1.82) is 0 Å². The maximum Gasteiger partial charge on any atom is 0.253 e. The number of rotatable bonds is 6. The Morgan fingerprint density at radius 3 is 2.48 bits per heavy atom. The monoisotopic (exact) mass is 401 g/mol. The van der Waals surface area contributed by atoms with Crippen molar-refractivity contribution in [2.45, 2.75) is 58.8 Å². The number of hydrogen-bond donors (Lipinski definition) is 2. The number of pyridine rings is 1. The minimum absolute atomic E-state index is 0.108. The van der Waals surface area contributed by atoms with Crippen LogP contribution in [0.25, 0.3) is 11.0 Å². The van der Waals surface area contributed by atoms with Gasteiger partial charge in [0.05, 0.1) is 5.69 Å². The van der Waals surface area contributed by atoms with Gasteiger partial charge in [0.2, 0.25) is 11.8 Å². The number of carbonyl (C=O) groups excluding carboxylic acids is 2. The van der Waals surface area contributed by atoms with E-state index in [-0.39, 0.29) is 23.8 Å². The largest absolute Gasteiger partial charge is 0.356 e. The van der Waals surface area contributed by atoms with Gasteiger partial charge in [-0.2, -0.15) is 5.10 Å². The van der Waals surface area contributed by atoms with E-state index in [4.69, 9.17) is 0 Å². The molecule has 0 spiro atoms. The van der Waals surface area contributed by atoms with Crippen LogP contribution >= 0.6 is 0 Å². The lowest BCUT2D eigenvalue weighted by Gasteiger charge is -2.20. The molecule has 0 aromatic carbocycles. The molecule has 158 valence electrons. The molecule has 0 radical (unpaired) electrons. The highest BCUT2D eigenvalue weighted by molar-refractivity contribution is 5.83.